The summed E-state index contributed by atoms with van der Waals surface area (Å²) in [5.41, 5.74) is 7.11. The average molecular weight is 248 g/mol. The van der Waals surface area contributed by atoms with E-state index in [9.17, 15) is 0 Å². The second-order valence-electron chi connectivity index (χ2n) is 5.41. The zero-order chi connectivity index (χ0) is 13.0. The normalized spacial score (nSPS) is 19.7. The molecule has 1 saturated heterocycles. The van der Waals surface area contributed by atoms with Crippen LogP contribution < -0.4 is 10.5 Å². The molecule has 1 atom stereocenters. The summed E-state index contributed by atoms with van der Waals surface area (Å²) in [6.45, 7) is 4.28. The lowest BCUT2D eigenvalue weighted by molar-refractivity contribution is 0.113. The number of ether oxygens (including phenoxy) is 1. The maximum absolute atomic E-state index is 6.15. The van der Waals surface area contributed by atoms with Crippen molar-refractivity contribution in [1.29, 1.82) is 0 Å². The molecule has 1 heterocycles. The third-order valence-corrected chi connectivity index (χ3v) is 3.47. The van der Waals surface area contributed by atoms with E-state index in [4.69, 9.17) is 10.5 Å². The molecule has 2 N–H and O–H groups in total. The van der Waals surface area contributed by atoms with Gasteiger partial charge in [-0.3, -0.25) is 0 Å². The fourth-order valence-electron chi connectivity index (χ4n) is 2.42. The Labute approximate surface area is 110 Å². The van der Waals surface area contributed by atoms with Crippen LogP contribution in [0.1, 0.15) is 25.3 Å². The summed E-state index contributed by atoms with van der Waals surface area (Å²) in [7, 11) is 2.17. The van der Waals surface area contributed by atoms with E-state index in [1.54, 1.807) is 0 Å². The second kappa shape index (κ2) is 6.21. The SMILES string of the molecule is CC(N)Cc1ccccc1OC1CCN(C)CC1. The van der Waals surface area contributed by atoms with Gasteiger partial charge in [-0.25, -0.2) is 0 Å². The Morgan fingerprint density at radius 1 is 1.33 bits per heavy atom. The van der Waals surface area contributed by atoms with Crippen LogP contribution in [0.3, 0.4) is 0 Å². The molecular weight excluding hydrogens is 224 g/mol. The zero-order valence-electron chi connectivity index (χ0n) is 11.4. The maximum Gasteiger partial charge on any atom is 0.122 e. The van der Waals surface area contributed by atoms with Crippen molar-refractivity contribution >= 4 is 0 Å². The Morgan fingerprint density at radius 3 is 2.67 bits per heavy atom. The number of nitrogens with two attached hydrogens (primary N) is 1. The molecule has 0 radical (unpaired) electrons. The van der Waals surface area contributed by atoms with Gasteiger partial charge in [0.25, 0.3) is 0 Å². The van der Waals surface area contributed by atoms with Crippen LogP contribution in [0.5, 0.6) is 5.75 Å². The van der Waals surface area contributed by atoms with E-state index >= 15 is 0 Å². The van der Waals surface area contributed by atoms with Crippen LogP contribution in [-0.4, -0.2) is 37.2 Å². The van der Waals surface area contributed by atoms with Crippen LogP contribution in [0.15, 0.2) is 24.3 Å². The number of para-hydroxylation sites is 1. The van der Waals surface area contributed by atoms with Gasteiger partial charge in [0, 0.05) is 19.1 Å². The van der Waals surface area contributed by atoms with Crippen molar-refractivity contribution in [3.05, 3.63) is 29.8 Å². The minimum Gasteiger partial charge on any atom is -0.490 e. The largest absolute Gasteiger partial charge is 0.490 e. The minimum atomic E-state index is 0.173. The van der Waals surface area contributed by atoms with E-state index in [1.165, 1.54) is 5.56 Å². The Morgan fingerprint density at radius 2 is 2.00 bits per heavy atom. The van der Waals surface area contributed by atoms with Crippen molar-refractivity contribution in [2.45, 2.75) is 38.3 Å². The van der Waals surface area contributed by atoms with Gasteiger partial charge in [-0.2, -0.15) is 0 Å². The molecule has 1 fully saturated rings. The number of piperidine rings is 1. The lowest BCUT2D eigenvalue weighted by Gasteiger charge is -2.30. The first-order chi connectivity index (χ1) is 8.65. The number of nitrogens with zero attached hydrogens (tertiary/aromatic N) is 1. The molecule has 1 aliphatic heterocycles. The Bertz CT molecular complexity index is 371. The van der Waals surface area contributed by atoms with E-state index in [0.29, 0.717) is 6.10 Å². The van der Waals surface area contributed by atoms with Crippen LogP contribution in [0.2, 0.25) is 0 Å². The van der Waals surface area contributed by atoms with Crippen LogP contribution in [-0.2, 0) is 6.42 Å². The number of rotatable bonds is 4. The fourth-order valence-corrected chi connectivity index (χ4v) is 2.42. The van der Waals surface area contributed by atoms with Gasteiger partial charge >= 0.3 is 0 Å². The Kier molecular flexibility index (Phi) is 4.61. The monoisotopic (exact) mass is 248 g/mol. The summed E-state index contributed by atoms with van der Waals surface area (Å²) in [5, 5.41) is 0. The molecule has 0 aliphatic carbocycles. The van der Waals surface area contributed by atoms with Crippen LogP contribution in [0.25, 0.3) is 0 Å². The van der Waals surface area contributed by atoms with Crippen LogP contribution >= 0.6 is 0 Å². The van der Waals surface area contributed by atoms with Crippen molar-refractivity contribution in [1.82, 2.24) is 4.90 Å². The van der Waals surface area contributed by atoms with Crippen molar-refractivity contribution in [2.24, 2.45) is 5.73 Å². The molecule has 0 bridgehead atoms. The zero-order valence-corrected chi connectivity index (χ0v) is 11.4. The van der Waals surface area contributed by atoms with E-state index in [-0.39, 0.29) is 6.04 Å². The summed E-state index contributed by atoms with van der Waals surface area (Å²) < 4.78 is 6.15. The van der Waals surface area contributed by atoms with Gasteiger partial charge in [0.05, 0.1) is 0 Å². The maximum atomic E-state index is 6.15. The van der Waals surface area contributed by atoms with Gasteiger partial charge < -0.3 is 15.4 Å². The molecule has 1 aromatic rings. The number of hydrogen-bond acceptors (Lipinski definition) is 3. The highest BCUT2D eigenvalue weighted by molar-refractivity contribution is 5.34. The molecule has 1 aromatic carbocycles. The van der Waals surface area contributed by atoms with Crippen LogP contribution in [0.4, 0.5) is 0 Å². The van der Waals surface area contributed by atoms with Crippen molar-refractivity contribution < 1.29 is 4.74 Å². The van der Waals surface area contributed by atoms with Crippen LogP contribution in [0, 0.1) is 0 Å². The van der Waals surface area contributed by atoms with Gasteiger partial charge in [0.1, 0.15) is 11.9 Å². The Hall–Kier alpha value is -1.06. The van der Waals surface area contributed by atoms with Gasteiger partial charge in [-0.1, -0.05) is 18.2 Å². The van der Waals surface area contributed by atoms with E-state index in [2.05, 4.69) is 30.1 Å². The summed E-state index contributed by atoms with van der Waals surface area (Å²) in [6.07, 6.45) is 3.46. The third kappa shape index (κ3) is 3.72. The molecule has 0 amide bonds. The first-order valence-corrected chi connectivity index (χ1v) is 6.84. The molecule has 3 heteroatoms. The smallest absolute Gasteiger partial charge is 0.122 e. The highest BCUT2D eigenvalue weighted by Crippen LogP contribution is 2.23. The first kappa shape index (κ1) is 13.4. The summed E-state index contributed by atoms with van der Waals surface area (Å²) in [5.74, 6) is 1.02. The topological polar surface area (TPSA) is 38.5 Å². The summed E-state index contributed by atoms with van der Waals surface area (Å²) in [4.78, 5) is 2.35. The molecule has 0 saturated carbocycles. The lowest BCUT2D eigenvalue weighted by Crippen LogP contribution is -2.35. The quantitative estimate of drug-likeness (QED) is 0.886. The molecule has 1 unspecified atom stereocenters. The van der Waals surface area contributed by atoms with E-state index in [0.717, 1.165) is 38.1 Å². The van der Waals surface area contributed by atoms with E-state index in [1.807, 2.05) is 13.0 Å². The Balaban J connectivity index is 2.00. The number of hydrogen-bond donors (Lipinski definition) is 1. The lowest BCUT2D eigenvalue weighted by atomic mass is 10.1. The second-order valence-corrected chi connectivity index (χ2v) is 5.41. The molecule has 100 valence electrons. The molecule has 0 aromatic heterocycles. The molecule has 0 spiro atoms. The first-order valence-electron chi connectivity index (χ1n) is 6.84. The number of benzene rings is 1. The third-order valence-electron chi connectivity index (χ3n) is 3.47. The standard InChI is InChI=1S/C15H24N2O/c1-12(16)11-13-5-3-4-6-15(13)18-14-7-9-17(2)10-8-14/h3-6,12,14H,7-11,16H2,1-2H3. The molecule has 2 rings (SSSR count). The predicted molar refractivity (Wildman–Crippen MR) is 74.9 cm³/mol. The molecule has 3 nitrogen and oxygen atoms in total. The highest BCUT2D eigenvalue weighted by Gasteiger charge is 2.19. The number of likely N-dealkylation sites (tertiary alicyclic amines) is 1. The highest BCUT2D eigenvalue weighted by atomic mass is 16.5. The molecule has 1 aliphatic rings. The fraction of sp³-hybridized carbons (Fsp3) is 0.600. The summed E-state index contributed by atoms with van der Waals surface area (Å²) >= 11 is 0. The van der Waals surface area contributed by atoms with Crippen molar-refractivity contribution in [3.8, 4) is 5.75 Å². The van der Waals surface area contributed by atoms with Crippen molar-refractivity contribution in [3.63, 3.8) is 0 Å². The van der Waals surface area contributed by atoms with Gasteiger partial charge in [-0.15, -0.1) is 0 Å². The van der Waals surface area contributed by atoms with Crippen molar-refractivity contribution in [2.75, 3.05) is 20.1 Å². The van der Waals surface area contributed by atoms with Gasteiger partial charge in [-0.05, 0) is 44.9 Å². The van der Waals surface area contributed by atoms with Gasteiger partial charge in [0.15, 0.2) is 0 Å². The van der Waals surface area contributed by atoms with Gasteiger partial charge in [0.2, 0.25) is 0 Å². The van der Waals surface area contributed by atoms with E-state index < -0.39 is 0 Å². The average Bonchev–Trinajstić information content (AvgIpc) is 2.34. The predicted octanol–water partition coefficient (Wildman–Crippen LogP) is 2.05. The summed E-state index contributed by atoms with van der Waals surface area (Å²) in [6, 6.07) is 8.45. The molecule has 18 heavy (non-hydrogen) atoms. The minimum absolute atomic E-state index is 0.173. The molecular formula is C15H24N2O.